The van der Waals surface area contributed by atoms with Crippen LogP contribution >= 0.6 is 0 Å². The number of benzene rings is 2. The first kappa shape index (κ1) is 46.0. The summed E-state index contributed by atoms with van der Waals surface area (Å²) in [6.45, 7) is 1.03. The number of aromatic hydroxyl groups is 2. The van der Waals surface area contributed by atoms with E-state index in [2.05, 4.69) is 23.7 Å². The summed E-state index contributed by atoms with van der Waals surface area (Å²) in [5.74, 6) is -10.1. The number of likely N-dealkylation sites (N-methyl/N-ethyl adjacent to an activating group) is 2. The van der Waals surface area contributed by atoms with Crippen molar-refractivity contribution in [2.45, 2.75) is 68.7 Å². The third-order valence-corrected chi connectivity index (χ3v) is 14.8. The maximum atomic E-state index is 14.2. The van der Waals surface area contributed by atoms with E-state index in [1.54, 1.807) is 0 Å². The van der Waals surface area contributed by atoms with Crippen LogP contribution in [-0.2, 0) is 51.2 Å². The Labute approximate surface area is 378 Å². The van der Waals surface area contributed by atoms with E-state index in [4.69, 9.17) is 5.73 Å². The number of rotatable bonds is 5. The fourth-order valence-corrected chi connectivity index (χ4v) is 12.0. The van der Waals surface area contributed by atoms with E-state index in [0.29, 0.717) is 22.3 Å². The highest BCUT2D eigenvalue weighted by Crippen LogP contribution is 2.53. The molecule has 66 heavy (non-hydrogen) atoms. The largest absolute Gasteiger partial charge is 0.507 e. The van der Waals surface area contributed by atoms with Crippen LogP contribution in [0.15, 0.2) is 24.3 Å². The number of aliphatic hydroxyl groups is 2. The van der Waals surface area contributed by atoms with Crippen molar-refractivity contribution in [2.24, 2.45) is 53.1 Å². The Morgan fingerprint density at radius 3 is 1.38 bits per heavy atom. The monoisotopic (exact) mass is 901 g/mol. The van der Waals surface area contributed by atoms with E-state index in [0.717, 1.165) is 6.92 Å². The van der Waals surface area contributed by atoms with Crippen LogP contribution in [0.1, 0.15) is 75.6 Å². The molecule has 0 bridgehead atoms. The van der Waals surface area contributed by atoms with Crippen molar-refractivity contribution >= 4 is 58.0 Å². The van der Waals surface area contributed by atoms with Gasteiger partial charge in [0.15, 0.2) is 63.4 Å². The molecular formula is C49H47N3O14. The number of phenolic OH excluding ortho intramolecular Hbond substituents is 2. The van der Waals surface area contributed by atoms with Crippen molar-refractivity contribution in [2.75, 3.05) is 28.2 Å². The van der Waals surface area contributed by atoms with Crippen LogP contribution in [0.25, 0.3) is 0 Å². The van der Waals surface area contributed by atoms with Gasteiger partial charge in [-0.05, 0) is 108 Å². The molecule has 4 saturated carbocycles. The Morgan fingerprint density at radius 2 is 1.02 bits per heavy atom. The molecule has 342 valence electrons. The maximum absolute atomic E-state index is 14.2. The molecular weight excluding hydrogens is 855 g/mol. The molecule has 17 heteroatoms. The van der Waals surface area contributed by atoms with Gasteiger partial charge < -0.3 is 26.2 Å². The quantitative estimate of drug-likeness (QED) is 0.141. The molecule has 6 aliphatic carbocycles. The average Bonchev–Trinajstić information content (AvgIpc) is 3.22. The van der Waals surface area contributed by atoms with Gasteiger partial charge in [0.05, 0.1) is 35.0 Å². The highest BCUT2D eigenvalue weighted by Gasteiger charge is 2.71. The summed E-state index contributed by atoms with van der Waals surface area (Å²) in [5, 5.41) is 45.5. The van der Waals surface area contributed by atoms with E-state index >= 15 is 0 Å². The molecule has 0 radical (unpaired) electrons. The minimum atomic E-state index is -2.85. The van der Waals surface area contributed by atoms with Gasteiger partial charge >= 0.3 is 0 Å². The lowest BCUT2D eigenvalue weighted by atomic mass is 9.52. The van der Waals surface area contributed by atoms with Crippen molar-refractivity contribution in [1.29, 1.82) is 0 Å². The van der Waals surface area contributed by atoms with Gasteiger partial charge in [-0.2, -0.15) is 0 Å². The molecule has 8 rings (SSSR count). The van der Waals surface area contributed by atoms with Crippen molar-refractivity contribution in [1.82, 2.24) is 9.80 Å². The number of hydrogen-bond acceptors (Lipinski definition) is 16. The smallest absolute Gasteiger partial charge is 0.235 e. The van der Waals surface area contributed by atoms with Crippen molar-refractivity contribution < 1.29 is 68.4 Å². The third-order valence-electron chi connectivity index (χ3n) is 14.8. The van der Waals surface area contributed by atoms with Crippen LogP contribution in [0.5, 0.6) is 11.5 Å². The van der Waals surface area contributed by atoms with Crippen molar-refractivity contribution in [3.63, 3.8) is 0 Å². The number of fused-ring (bicyclic) bond motifs is 6. The first-order valence-electron chi connectivity index (χ1n) is 21.6. The Morgan fingerprint density at radius 1 is 0.636 bits per heavy atom. The lowest BCUT2D eigenvalue weighted by Crippen LogP contribution is -2.74. The second kappa shape index (κ2) is 16.1. The summed E-state index contributed by atoms with van der Waals surface area (Å²) in [6.07, 6.45) is 0.272. The van der Waals surface area contributed by atoms with Crippen LogP contribution in [0.4, 0.5) is 0 Å². The van der Waals surface area contributed by atoms with Gasteiger partial charge in [-0.1, -0.05) is 23.7 Å². The maximum Gasteiger partial charge on any atom is 0.235 e. The van der Waals surface area contributed by atoms with E-state index in [9.17, 15) is 68.4 Å². The highest BCUT2D eigenvalue weighted by molar-refractivity contribution is 6.34. The fourth-order valence-electron chi connectivity index (χ4n) is 12.0. The third kappa shape index (κ3) is 6.46. The molecule has 12 atom stereocenters. The normalized spacial score (nSPS) is 33.3. The average molecular weight is 902 g/mol. The summed E-state index contributed by atoms with van der Waals surface area (Å²) in [7, 11) is 6.07. The Bertz CT molecular complexity index is 2600. The topological polar surface area (TPSA) is 284 Å². The minimum Gasteiger partial charge on any atom is -0.507 e. The number of phenols is 2. The second-order valence-corrected chi connectivity index (χ2v) is 18.9. The van der Waals surface area contributed by atoms with E-state index in [-0.39, 0.29) is 49.7 Å². The predicted octanol–water partition coefficient (Wildman–Crippen LogP) is -0.665. The zero-order valence-corrected chi connectivity index (χ0v) is 36.7. The van der Waals surface area contributed by atoms with Crippen molar-refractivity contribution in [3.8, 4) is 35.2 Å². The van der Waals surface area contributed by atoms with E-state index in [1.807, 2.05) is 0 Å². The molecule has 12 unspecified atom stereocenters. The molecule has 2 aromatic carbocycles. The molecule has 0 spiro atoms. The summed E-state index contributed by atoms with van der Waals surface area (Å²) in [6, 6.07) is 3.13. The number of nitrogens with two attached hydrogens (primary N) is 1. The van der Waals surface area contributed by atoms with Crippen LogP contribution in [0, 0.1) is 71.0 Å². The zero-order chi connectivity index (χ0) is 48.2. The molecule has 2 aromatic rings. The van der Waals surface area contributed by atoms with Gasteiger partial charge in [0.2, 0.25) is 5.91 Å². The van der Waals surface area contributed by atoms with Gasteiger partial charge in [-0.25, -0.2) is 0 Å². The molecule has 4 fully saturated rings. The number of carbonyl (C=O) groups excluding carboxylic acids is 10. The summed E-state index contributed by atoms with van der Waals surface area (Å²) in [4.78, 5) is 138. The Balaban J connectivity index is 1.03. The van der Waals surface area contributed by atoms with Gasteiger partial charge in [-0.15, -0.1) is 0 Å². The lowest BCUT2D eigenvalue weighted by molar-refractivity contribution is -0.183. The Hall–Kier alpha value is -6.50. The standard InChI is InChI=1S/C49H47N3O14/c1-20(53)31-41(58)37(51(2)3)27-18-23-16-25-21(12-14-29(54)34(25)39(56)32(23)44(61)48(27,65)43(31)60)10-8-6-7-9-11-22-13-15-30(55)35-26(22)17-24-19-28-38(52(4)5)42(59)36(47(50)64)46(63)49(28,66)45(62)33(24)40(35)57/h12-15,23-24,27-28,31-33,36-38,54-55,65-66H,6-7,16-19H2,1-5H3,(H2,50,64). The van der Waals surface area contributed by atoms with E-state index < -0.39 is 140 Å². The molecule has 6 aliphatic rings. The zero-order valence-electron chi connectivity index (χ0n) is 36.7. The first-order chi connectivity index (χ1) is 31.0. The van der Waals surface area contributed by atoms with Gasteiger partial charge in [0.25, 0.3) is 0 Å². The summed E-state index contributed by atoms with van der Waals surface area (Å²) in [5.41, 5.74) is 0.871. The summed E-state index contributed by atoms with van der Waals surface area (Å²) < 4.78 is 0. The number of ketones is 9. The number of unbranched alkanes of at least 4 members (excludes halogenated alkanes) is 1. The predicted molar refractivity (Wildman–Crippen MR) is 227 cm³/mol. The highest BCUT2D eigenvalue weighted by atomic mass is 16.3. The number of amides is 1. The SMILES string of the molecule is CC(=O)C1C(=O)C(N(C)C)C2CC3Cc4c(C#CCCC#Cc5ccc(O)c6c5CC5CC7C(N(C)C)C(=O)C(C(N)=O)C(=O)C7(O)C(=O)C5C6=O)ccc(O)c4C(=O)C3C(=O)C2(O)C1=O. The lowest BCUT2D eigenvalue weighted by Gasteiger charge is -2.52. The Kier molecular flexibility index (Phi) is 11.3. The number of hydrogen-bond donors (Lipinski definition) is 5. The fraction of sp³-hybridized carbons (Fsp3) is 0.469. The minimum absolute atomic E-state index is 0.0313. The van der Waals surface area contributed by atoms with Gasteiger partial charge in [0, 0.05) is 35.8 Å². The molecule has 1 amide bonds. The number of primary amides is 1. The second-order valence-electron chi connectivity index (χ2n) is 18.9. The van der Waals surface area contributed by atoms with Crippen LogP contribution < -0.4 is 5.73 Å². The number of Topliss-reactive ketones (excluding diaryl/α,β-unsaturated/α-hetero) is 9. The van der Waals surface area contributed by atoms with Crippen LogP contribution in [-0.4, -0.2) is 140 Å². The van der Waals surface area contributed by atoms with Crippen molar-refractivity contribution in [3.05, 3.63) is 57.6 Å². The first-order valence-corrected chi connectivity index (χ1v) is 21.6. The van der Waals surface area contributed by atoms with E-state index in [1.165, 1.54) is 62.3 Å². The summed E-state index contributed by atoms with van der Waals surface area (Å²) >= 11 is 0. The molecule has 0 saturated heterocycles. The van der Waals surface area contributed by atoms with Gasteiger partial charge in [0.1, 0.15) is 23.2 Å². The molecule has 0 aromatic heterocycles. The molecule has 17 nitrogen and oxygen atoms in total. The molecule has 0 heterocycles. The van der Waals surface area contributed by atoms with Gasteiger partial charge in [-0.3, -0.25) is 57.7 Å². The van der Waals surface area contributed by atoms with Crippen LogP contribution in [0.2, 0.25) is 0 Å². The molecule has 6 N–H and O–H groups in total. The number of carbonyl (C=O) groups is 10. The molecule has 0 aliphatic heterocycles. The van der Waals surface area contributed by atoms with Crippen LogP contribution in [0.3, 0.4) is 0 Å². The number of nitrogens with zero attached hydrogens (tertiary/aromatic N) is 2.